The molecule has 13 heteroatoms. The number of aromatic nitrogens is 2. The van der Waals surface area contributed by atoms with Crippen LogP contribution in [0.1, 0.15) is 34.1 Å². The van der Waals surface area contributed by atoms with E-state index in [1.165, 1.54) is 39.5 Å². The van der Waals surface area contributed by atoms with Gasteiger partial charge in [0.2, 0.25) is 5.91 Å². The number of hydrogen-bond acceptors (Lipinski definition) is 11. The van der Waals surface area contributed by atoms with Gasteiger partial charge < -0.3 is 33.6 Å². The van der Waals surface area contributed by atoms with Gasteiger partial charge in [0.25, 0.3) is 0 Å². The highest BCUT2D eigenvalue weighted by Gasteiger charge is 2.51. The van der Waals surface area contributed by atoms with E-state index in [9.17, 15) is 19.2 Å². The number of nitrogens with one attached hydrogen (secondary N) is 1. The number of rotatable bonds is 12. The van der Waals surface area contributed by atoms with Crippen LogP contribution in [-0.4, -0.2) is 76.4 Å². The van der Waals surface area contributed by atoms with Crippen molar-refractivity contribution in [1.82, 2.24) is 14.9 Å². The molecule has 1 aliphatic heterocycles. The normalized spacial score (nSPS) is 20.8. The number of nitrogens with zero attached hydrogens (tertiary/aromatic N) is 2. The number of imidazole rings is 1. The lowest BCUT2D eigenvalue weighted by atomic mass is 9.97. The first-order chi connectivity index (χ1) is 22.6. The first kappa shape index (κ1) is 33.7. The molecule has 248 valence electrons. The molecular weight excluding hydrogens is 626 g/mol. The van der Waals surface area contributed by atoms with Crippen LogP contribution in [0.3, 0.4) is 0 Å². The molecule has 3 aromatic carbocycles. The van der Waals surface area contributed by atoms with Crippen molar-refractivity contribution in [2.75, 3.05) is 13.2 Å². The Kier molecular flexibility index (Phi) is 11.0. The number of carbonyl (C=O) groups is 4. The van der Waals surface area contributed by atoms with Gasteiger partial charge in [-0.15, -0.1) is 0 Å². The van der Waals surface area contributed by atoms with E-state index in [2.05, 4.69) is 11.4 Å². The number of carbonyl (C=O) groups excluding carboxylic acids is 4. The van der Waals surface area contributed by atoms with Gasteiger partial charge in [-0.05, 0) is 41.5 Å². The number of thioether (sulfide) groups is 1. The second kappa shape index (κ2) is 15.3. The fourth-order valence-corrected chi connectivity index (χ4v) is 6.77. The van der Waals surface area contributed by atoms with Crippen molar-refractivity contribution in [2.45, 2.75) is 75.6 Å². The van der Waals surface area contributed by atoms with E-state index < -0.39 is 53.6 Å². The minimum atomic E-state index is -1.17. The summed E-state index contributed by atoms with van der Waals surface area (Å²) in [5, 5.41) is 5.63. The minimum Gasteiger partial charge on any atom is -0.494 e. The van der Waals surface area contributed by atoms with Crippen LogP contribution in [0.5, 0.6) is 5.75 Å². The Balaban J connectivity index is 1.41. The van der Waals surface area contributed by atoms with Crippen LogP contribution >= 0.6 is 11.8 Å². The van der Waals surface area contributed by atoms with E-state index in [1.807, 2.05) is 65.2 Å². The van der Waals surface area contributed by atoms with Gasteiger partial charge in [0.1, 0.15) is 29.9 Å². The third kappa shape index (κ3) is 8.60. The molecule has 0 spiro atoms. The molecule has 1 fully saturated rings. The van der Waals surface area contributed by atoms with Gasteiger partial charge in [0.15, 0.2) is 17.4 Å². The number of hydrogen-bond donors (Lipinski definition) is 1. The number of aryl methyl sites for hydroxylation is 1. The Hall–Kier alpha value is -4.62. The summed E-state index contributed by atoms with van der Waals surface area (Å²) in [7, 11) is 0. The lowest BCUT2D eigenvalue weighted by Gasteiger charge is -2.44. The van der Waals surface area contributed by atoms with Gasteiger partial charge in [-0.25, -0.2) is 4.98 Å². The molecule has 1 aliphatic rings. The quantitative estimate of drug-likeness (QED) is 0.131. The Labute approximate surface area is 276 Å². The maximum atomic E-state index is 12.4. The molecule has 12 nitrogen and oxygen atoms in total. The molecule has 5 atom stereocenters. The fourth-order valence-electron chi connectivity index (χ4n) is 5.52. The SMILES string of the molecule is CC(=O)N[C@@H]1[C@@H](OC(C)=O)[C@H](OC(C)=O)[C@H](COC(C)=O)O[C@@H]1Sc1nc2ccccc2n1CCCOc1ccc2ccccc2c1. The number of esters is 3. The Bertz CT molecular complexity index is 1760. The molecule has 1 saturated heterocycles. The van der Waals surface area contributed by atoms with Crippen LogP contribution in [0.4, 0.5) is 0 Å². The van der Waals surface area contributed by atoms with Crippen LogP contribution in [0.15, 0.2) is 71.9 Å². The Morgan fingerprint density at radius 3 is 2.30 bits per heavy atom. The number of para-hydroxylation sites is 2. The number of benzene rings is 3. The molecule has 0 radical (unpaired) electrons. The maximum Gasteiger partial charge on any atom is 0.303 e. The van der Waals surface area contributed by atoms with E-state index in [4.69, 9.17) is 28.7 Å². The zero-order chi connectivity index (χ0) is 33.5. The predicted molar refractivity (Wildman–Crippen MR) is 174 cm³/mol. The Morgan fingerprint density at radius 1 is 0.872 bits per heavy atom. The topological polar surface area (TPSA) is 144 Å². The van der Waals surface area contributed by atoms with Gasteiger partial charge in [0, 0.05) is 34.2 Å². The van der Waals surface area contributed by atoms with E-state index in [0.29, 0.717) is 24.7 Å². The Morgan fingerprint density at radius 2 is 1.57 bits per heavy atom. The van der Waals surface area contributed by atoms with Crippen molar-refractivity contribution in [2.24, 2.45) is 0 Å². The molecule has 5 rings (SSSR count). The van der Waals surface area contributed by atoms with Crippen molar-refractivity contribution >= 4 is 57.4 Å². The van der Waals surface area contributed by atoms with Crippen molar-refractivity contribution in [1.29, 1.82) is 0 Å². The summed E-state index contributed by atoms with van der Waals surface area (Å²) < 4.78 is 30.9. The number of ether oxygens (including phenoxy) is 5. The van der Waals surface area contributed by atoms with Crippen molar-refractivity contribution < 1.29 is 42.9 Å². The van der Waals surface area contributed by atoms with Crippen LogP contribution in [0.2, 0.25) is 0 Å². The fraction of sp³-hybridized carbons (Fsp3) is 0.382. The van der Waals surface area contributed by atoms with Crippen LogP contribution < -0.4 is 10.1 Å². The molecule has 47 heavy (non-hydrogen) atoms. The summed E-state index contributed by atoms with van der Waals surface area (Å²) in [4.78, 5) is 53.4. The molecule has 1 N–H and O–H groups in total. The van der Waals surface area contributed by atoms with E-state index in [0.717, 1.165) is 27.6 Å². The van der Waals surface area contributed by atoms with Gasteiger partial charge in [0.05, 0.1) is 17.6 Å². The summed E-state index contributed by atoms with van der Waals surface area (Å²) >= 11 is 1.21. The lowest BCUT2D eigenvalue weighted by molar-refractivity contribution is -0.211. The van der Waals surface area contributed by atoms with Gasteiger partial charge in [-0.3, -0.25) is 19.2 Å². The third-order valence-electron chi connectivity index (χ3n) is 7.43. The summed E-state index contributed by atoms with van der Waals surface area (Å²) in [5.41, 5.74) is 0.751. The monoisotopic (exact) mass is 663 g/mol. The second-order valence-electron chi connectivity index (χ2n) is 11.1. The zero-order valence-electron chi connectivity index (χ0n) is 26.5. The highest BCUT2D eigenvalue weighted by Crippen LogP contribution is 2.37. The maximum absolute atomic E-state index is 12.4. The molecule has 2 heterocycles. The van der Waals surface area contributed by atoms with E-state index in [1.54, 1.807) is 0 Å². The first-order valence-corrected chi connectivity index (χ1v) is 16.1. The molecule has 0 bridgehead atoms. The second-order valence-corrected chi connectivity index (χ2v) is 12.1. The highest BCUT2D eigenvalue weighted by atomic mass is 32.2. The minimum absolute atomic E-state index is 0.280. The average Bonchev–Trinajstić information content (AvgIpc) is 3.37. The number of amides is 1. The van der Waals surface area contributed by atoms with E-state index >= 15 is 0 Å². The van der Waals surface area contributed by atoms with Gasteiger partial charge in [-0.1, -0.05) is 54.2 Å². The van der Waals surface area contributed by atoms with Crippen LogP contribution in [0, 0.1) is 0 Å². The van der Waals surface area contributed by atoms with Crippen molar-refractivity contribution in [3.8, 4) is 5.75 Å². The van der Waals surface area contributed by atoms with Crippen LogP contribution in [0.25, 0.3) is 21.8 Å². The zero-order valence-corrected chi connectivity index (χ0v) is 27.4. The average molecular weight is 664 g/mol. The molecule has 0 aliphatic carbocycles. The summed E-state index contributed by atoms with van der Waals surface area (Å²) in [6, 6.07) is 20.8. The van der Waals surface area contributed by atoms with E-state index in [-0.39, 0.29) is 6.61 Å². The molecule has 0 saturated carbocycles. The van der Waals surface area contributed by atoms with Crippen molar-refractivity contribution in [3.05, 3.63) is 66.7 Å². The molecule has 4 aromatic rings. The highest BCUT2D eigenvalue weighted by molar-refractivity contribution is 7.99. The summed E-state index contributed by atoms with van der Waals surface area (Å²) in [6.07, 6.45) is -2.68. The predicted octanol–water partition coefficient (Wildman–Crippen LogP) is 4.41. The summed E-state index contributed by atoms with van der Waals surface area (Å²) in [5.74, 6) is -1.52. The molecule has 1 amide bonds. The molecule has 0 unspecified atom stereocenters. The molecule has 1 aromatic heterocycles. The largest absolute Gasteiger partial charge is 0.494 e. The standard InChI is InChI=1S/C34H37N3O9S/c1-20(38)35-30-32(45-23(4)41)31(44-22(3)40)29(19-43-21(2)39)46-33(30)47-34-36-27-12-7-8-13-28(27)37(34)16-9-17-42-26-15-14-24-10-5-6-11-25(24)18-26/h5-8,10-15,18,29-33H,9,16-17,19H2,1-4H3,(H,35,38)/t29-,30+,31+,32+,33+/m0/s1. The molecular formula is C34H37N3O9S. The van der Waals surface area contributed by atoms with Crippen LogP contribution in [-0.2, 0) is 44.7 Å². The van der Waals surface area contributed by atoms with Gasteiger partial charge in [-0.2, -0.15) is 0 Å². The lowest BCUT2D eigenvalue weighted by Crippen LogP contribution is -2.65. The third-order valence-corrected chi connectivity index (χ3v) is 8.59. The first-order valence-electron chi connectivity index (χ1n) is 15.2. The van der Waals surface area contributed by atoms with Gasteiger partial charge >= 0.3 is 17.9 Å². The number of fused-ring (bicyclic) bond motifs is 2. The van der Waals surface area contributed by atoms with Crippen molar-refractivity contribution in [3.63, 3.8) is 0 Å². The summed E-state index contributed by atoms with van der Waals surface area (Å²) in [6.45, 7) is 5.70. The smallest absolute Gasteiger partial charge is 0.303 e.